The van der Waals surface area contributed by atoms with Gasteiger partial charge in [0, 0.05) is 12.8 Å². The molecule has 0 aromatic rings. The van der Waals surface area contributed by atoms with Gasteiger partial charge in [-0.15, -0.1) is 11.8 Å². The molecule has 0 N–H and O–H groups in total. The predicted molar refractivity (Wildman–Crippen MR) is 60.4 cm³/mol. The van der Waals surface area contributed by atoms with Crippen LogP contribution in [0.1, 0.15) is 64.7 Å². The molecule has 0 spiro atoms. The van der Waals surface area contributed by atoms with E-state index in [1.807, 2.05) is 0 Å². The zero-order valence-electron chi connectivity index (χ0n) is 9.07. The van der Waals surface area contributed by atoms with Crippen molar-refractivity contribution in [2.45, 2.75) is 64.7 Å². The van der Waals surface area contributed by atoms with Crippen molar-refractivity contribution in [3.8, 4) is 11.8 Å². The van der Waals surface area contributed by atoms with Crippen LogP contribution in [-0.4, -0.2) is 0 Å². The third-order valence-corrected chi connectivity index (χ3v) is 2.10. The second-order valence-electron chi connectivity index (χ2n) is 3.43. The Labute approximate surface area is 84.1 Å². The zero-order valence-corrected chi connectivity index (χ0v) is 9.07. The summed E-state index contributed by atoms with van der Waals surface area (Å²) in [5, 5.41) is 0. The van der Waals surface area contributed by atoms with Gasteiger partial charge in [0.05, 0.1) is 0 Å². The van der Waals surface area contributed by atoms with Crippen LogP contribution in [0.2, 0.25) is 0 Å². The first-order valence-electron chi connectivity index (χ1n) is 5.66. The molecule has 0 aromatic carbocycles. The third-order valence-electron chi connectivity index (χ3n) is 2.10. The highest BCUT2D eigenvalue weighted by Gasteiger charge is 1.88. The molecule has 0 fully saturated rings. The maximum atomic E-state index is 3.84. The summed E-state index contributed by atoms with van der Waals surface area (Å²) in [6, 6.07) is 0. The van der Waals surface area contributed by atoms with Crippen molar-refractivity contribution < 1.29 is 0 Å². The van der Waals surface area contributed by atoms with E-state index >= 15 is 0 Å². The summed E-state index contributed by atoms with van der Waals surface area (Å²) < 4.78 is 0. The normalized spacial score (nSPS) is 9.38. The lowest BCUT2D eigenvalue weighted by molar-refractivity contribution is 0.601. The maximum absolute atomic E-state index is 3.84. The lowest BCUT2D eigenvalue weighted by Crippen LogP contribution is -1.79. The van der Waals surface area contributed by atoms with Crippen LogP contribution in [0.15, 0.2) is 0 Å². The summed E-state index contributed by atoms with van der Waals surface area (Å²) in [5.41, 5.74) is 0. The zero-order chi connectivity index (χ0) is 9.78. The Morgan fingerprint density at radius 2 is 1.46 bits per heavy atom. The van der Waals surface area contributed by atoms with Gasteiger partial charge < -0.3 is 0 Å². The van der Waals surface area contributed by atoms with Crippen molar-refractivity contribution in [1.82, 2.24) is 0 Å². The molecule has 13 heavy (non-hydrogen) atoms. The van der Waals surface area contributed by atoms with E-state index in [9.17, 15) is 0 Å². The maximum Gasteiger partial charge on any atom is 0.00886 e. The topological polar surface area (TPSA) is 0 Å². The number of rotatable bonds is 7. The Balaban J connectivity index is 2.91. The van der Waals surface area contributed by atoms with Crippen molar-refractivity contribution in [2.75, 3.05) is 0 Å². The minimum Gasteiger partial charge on any atom is -0.104 e. The summed E-state index contributed by atoms with van der Waals surface area (Å²) in [5.74, 6) is 6.28. The molecule has 0 amide bonds. The van der Waals surface area contributed by atoms with E-state index in [1.165, 1.54) is 38.5 Å². The summed E-state index contributed by atoms with van der Waals surface area (Å²) in [7, 11) is 0. The van der Waals surface area contributed by atoms with Crippen molar-refractivity contribution >= 4 is 0 Å². The molecule has 0 aliphatic carbocycles. The van der Waals surface area contributed by atoms with E-state index in [-0.39, 0.29) is 0 Å². The molecule has 0 unspecified atom stereocenters. The van der Waals surface area contributed by atoms with Gasteiger partial charge in [-0.1, -0.05) is 52.4 Å². The molecule has 0 nitrogen and oxygen atoms in total. The highest BCUT2D eigenvalue weighted by Crippen LogP contribution is 2.07. The van der Waals surface area contributed by atoms with Crippen LogP contribution in [-0.2, 0) is 0 Å². The molecular weight excluding hydrogens is 156 g/mol. The molecule has 0 aliphatic heterocycles. The van der Waals surface area contributed by atoms with E-state index in [2.05, 4.69) is 25.7 Å². The first kappa shape index (κ1) is 12.6. The number of unbranched alkanes of at least 4 members (excludes halogenated alkanes) is 7. The van der Waals surface area contributed by atoms with Crippen LogP contribution >= 0.6 is 0 Å². The number of hydrogen-bond acceptors (Lipinski definition) is 0. The summed E-state index contributed by atoms with van der Waals surface area (Å²) >= 11 is 0. The van der Waals surface area contributed by atoms with Crippen molar-refractivity contribution in [1.29, 1.82) is 0 Å². The Kier molecular flexibility index (Phi) is 11.2. The summed E-state index contributed by atoms with van der Waals surface area (Å²) in [6.07, 6.45) is 11.3. The molecule has 0 bridgehead atoms. The average molecular weight is 179 g/mol. The van der Waals surface area contributed by atoms with Crippen LogP contribution < -0.4 is 0 Å². The lowest BCUT2D eigenvalue weighted by atomic mass is 10.1. The summed E-state index contributed by atoms with van der Waals surface area (Å²) in [6.45, 7) is 5.94. The van der Waals surface area contributed by atoms with Crippen LogP contribution in [0.3, 0.4) is 0 Å². The average Bonchev–Trinajstić information content (AvgIpc) is 2.16. The van der Waals surface area contributed by atoms with Crippen LogP contribution in [0.25, 0.3) is 0 Å². The van der Waals surface area contributed by atoms with Crippen LogP contribution in [0.4, 0.5) is 0 Å². The largest absolute Gasteiger partial charge is 0.104 e. The Hall–Kier alpha value is -0.440. The van der Waals surface area contributed by atoms with Crippen molar-refractivity contribution in [3.05, 3.63) is 6.92 Å². The van der Waals surface area contributed by atoms with E-state index < -0.39 is 0 Å². The van der Waals surface area contributed by atoms with Crippen molar-refractivity contribution in [2.24, 2.45) is 0 Å². The molecule has 0 heteroatoms. The molecule has 0 saturated carbocycles. The Morgan fingerprint density at radius 1 is 0.846 bits per heavy atom. The van der Waals surface area contributed by atoms with Gasteiger partial charge >= 0.3 is 0 Å². The Bertz CT molecular complexity index is 136. The molecule has 0 atom stereocenters. The Morgan fingerprint density at radius 3 is 2.08 bits per heavy atom. The number of hydrogen-bond donors (Lipinski definition) is 0. The van der Waals surface area contributed by atoms with Gasteiger partial charge in [-0.05, 0) is 6.42 Å². The fourth-order valence-electron chi connectivity index (χ4n) is 1.31. The van der Waals surface area contributed by atoms with Gasteiger partial charge in [-0.25, -0.2) is 0 Å². The minimum atomic E-state index is 1.00. The van der Waals surface area contributed by atoms with Gasteiger partial charge in [-0.2, -0.15) is 0 Å². The van der Waals surface area contributed by atoms with Crippen LogP contribution in [0.5, 0.6) is 0 Å². The molecule has 0 aliphatic rings. The minimum absolute atomic E-state index is 1.00. The summed E-state index contributed by atoms with van der Waals surface area (Å²) in [4.78, 5) is 0. The second kappa shape index (κ2) is 11.6. The van der Waals surface area contributed by atoms with E-state index in [4.69, 9.17) is 0 Å². The molecule has 0 heterocycles. The first-order valence-corrected chi connectivity index (χ1v) is 5.66. The quantitative estimate of drug-likeness (QED) is 0.402. The highest BCUT2D eigenvalue weighted by molar-refractivity contribution is 4.97. The molecule has 0 saturated heterocycles. The molecule has 0 aromatic heterocycles. The van der Waals surface area contributed by atoms with Gasteiger partial charge in [0.15, 0.2) is 0 Å². The van der Waals surface area contributed by atoms with Gasteiger partial charge in [-0.3, -0.25) is 0 Å². The fraction of sp³-hybridized carbons (Fsp3) is 0.769. The van der Waals surface area contributed by atoms with E-state index in [1.54, 1.807) is 0 Å². The lowest BCUT2D eigenvalue weighted by Gasteiger charge is -1.97. The van der Waals surface area contributed by atoms with E-state index in [0.29, 0.717) is 0 Å². The third kappa shape index (κ3) is 11.6. The predicted octanol–water partition coefficient (Wildman–Crippen LogP) is 4.35. The van der Waals surface area contributed by atoms with E-state index in [0.717, 1.165) is 19.3 Å². The van der Waals surface area contributed by atoms with Crippen LogP contribution in [0, 0.1) is 18.8 Å². The SMILES string of the molecule is [CH2]CCCCCCCCC#CCC. The second-order valence-corrected chi connectivity index (χ2v) is 3.43. The molecule has 1 radical (unpaired) electrons. The molecule has 75 valence electrons. The highest BCUT2D eigenvalue weighted by atomic mass is 13.9. The van der Waals surface area contributed by atoms with Gasteiger partial charge in [0.2, 0.25) is 0 Å². The van der Waals surface area contributed by atoms with Gasteiger partial charge in [0.25, 0.3) is 0 Å². The fourth-order valence-corrected chi connectivity index (χ4v) is 1.31. The molecular formula is C13H23. The molecule has 0 rings (SSSR count). The standard InChI is InChI=1S/C13H23/c1-3-5-7-9-11-13-12-10-8-6-4-2/h1,3-5,7,9-13H2,2H3. The van der Waals surface area contributed by atoms with Gasteiger partial charge in [0.1, 0.15) is 0 Å². The first-order chi connectivity index (χ1) is 6.41. The smallest absolute Gasteiger partial charge is 0.00886 e. The van der Waals surface area contributed by atoms with Crippen molar-refractivity contribution in [3.63, 3.8) is 0 Å². The monoisotopic (exact) mass is 179 g/mol.